The first kappa shape index (κ1) is 15.9. The lowest BCUT2D eigenvalue weighted by molar-refractivity contribution is -0.139. The van der Waals surface area contributed by atoms with Crippen molar-refractivity contribution >= 4 is 29.2 Å². The van der Waals surface area contributed by atoms with Crippen molar-refractivity contribution in [2.24, 2.45) is 0 Å². The Balaban J connectivity index is 2.49. The molecule has 0 aromatic heterocycles. The van der Waals surface area contributed by atoms with Gasteiger partial charge in [-0.05, 0) is 43.4 Å². The maximum atomic E-state index is 11.8. The van der Waals surface area contributed by atoms with Crippen LogP contribution in [0.25, 0.3) is 0 Å². The number of methoxy groups -OCH3 is 1. The molecule has 0 saturated heterocycles. The summed E-state index contributed by atoms with van der Waals surface area (Å²) in [5.74, 6) is -0.145. The van der Waals surface area contributed by atoms with Gasteiger partial charge in [0, 0.05) is 5.56 Å². The third-order valence-electron chi connectivity index (χ3n) is 2.28. The average molecular weight is 296 g/mol. The van der Waals surface area contributed by atoms with Crippen LogP contribution in [0.5, 0.6) is 5.75 Å². The van der Waals surface area contributed by atoms with Gasteiger partial charge in [0.15, 0.2) is 5.11 Å². The summed E-state index contributed by atoms with van der Waals surface area (Å²) in [5.41, 5.74) is 0.440. The van der Waals surface area contributed by atoms with Gasteiger partial charge in [-0.25, -0.2) is 0 Å². The van der Waals surface area contributed by atoms with E-state index in [9.17, 15) is 9.59 Å². The molecule has 0 spiro atoms. The van der Waals surface area contributed by atoms with Crippen molar-refractivity contribution in [3.05, 3.63) is 29.8 Å². The number of esters is 1. The molecule has 108 valence electrons. The van der Waals surface area contributed by atoms with Gasteiger partial charge in [-0.3, -0.25) is 14.9 Å². The summed E-state index contributed by atoms with van der Waals surface area (Å²) >= 11 is 4.89. The van der Waals surface area contributed by atoms with Crippen LogP contribution in [-0.4, -0.2) is 37.3 Å². The fourth-order valence-corrected chi connectivity index (χ4v) is 1.48. The van der Waals surface area contributed by atoms with E-state index in [1.165, 1.54) is 7.11 Å². The molecule has 1 aromatic carbocycles. The first-order valence-electron chi connectivity index (χ1n) is 5.95. The molecule has 7 heteroatoms. The predicted molar refractivity (Wildman–Crippen MR) is 77.7 cm³/mol. The Kier molecular flexibility index (Phi) is 6.45. The van der Waals surface area contributed by atoms with Crippen LogP contribution in [0.2, 0.25) is 0 Å². The minimum Gasteiger partial charge on any atom is -0.494 e. The third kappa shape index (κ3) is 5.23. The maximum Gasteiger partial charge on any atom is 0.325 e. The highest BCUT2D eigenvalue weighted by Gasteiger charge is 2.09. The number of carbonyl (C=O) groups excluding carboxylic acids is 2. The van der Waals surface area contributed by atoms with E-state index >= 15 is 0 Å². The highest BCUT2D eigenvalue weighted by molar-refractivity contribution is 7.80. The summed E-state index contributed by atoms with van der Waals surface area (Å²) in [6.45, 7) is 2.35. The zero-order valence-corrected chi connectivity index (χ0v) is 12.1. The van der Waals surface area contributed by atoms with E-state index in [2.05, 4.69) is 15.4 Å². The van der Waals surface area contributed by atoms with Gasteiger partial charge in [-0.2, -0.15) is 0 Å². The zero-order chi connectivity index (χ0) is 15.0. The minimum atomic E-state index is -0.470. The summed E-state index contributed by atoms with van der Waals surface area (Å²) in [6, 6.07) is 6.65. The van der Waals surface area contributed by atoms with Crippen LogP contribution in [0, 0.1) is 0 Å². The minimum absolute atomic E-state index is 0.0642. The Morgan fingerprint density at radius 1 is 1.25 bits per heavy atom. The molecule has 0 radical (unpaired) electrons. The van der Waals surface area contributed by atoms with E-state index < -0.39 is 5.97 Å². The van der Waals surface area contributed by atoms with E-state index in [-0.39, 0.29) is 17.6 Å². The first-order valence-corrected chi connectivity index (χ1v) is 6.36. The van der Waals surface area contributed by atoms with Gasteiger partial charge in [0.05, 0.1) is 13.7 Å². The lowest BCUT2D eigenvalue weighted by atomic mass is 10.2. The average Bonchev–Trinajstić information content (AvgIpc) is 2.45. The number of amides is 1. The van der Waals surface area contributed by atoms with Crippen LogP contribution in [0.15, 0.2) is 24.3 Å². The van der Waals surface area contributed by atoms with Crippen LogP contribution >= 0.6 is 12.2 Å². The highest BCUT2D eigenvalue weighted by atomic mass is 32.1. The molecule has 0 heterocycles. The lowest BCUT2D eigenvalue weighted by Gasteiger charge is -2.09. The number of hydrogen-bond acceptors (Lipinski definition) is 5. The van der Waals surface area contributed by atoms with Crippen molar-refractivity contribution in [2.75, 3.05) is 20.3 Å². The smallest absolute Gasteiger partial charge is 0.325 e. The Morgan fingerprint density at radius 2 is 1.90 bits per heavy atom. The first-order chi connectivity index (χ1) is 9.56. The summed E-state index contributed by atoms with van der Waals surface area (Å²) in [6.07, 6.45) is 0. The van der Waals surface area contributed by atoms with Crippen LogP contribution < -0.4 is 15.4 Å². The fraction of sp³-hybridized carbons (Fsp3) is 0.308. The SMILES string of the molecule is CCOc1ccc(C(=O)NC(=S)NCC(=O)OC)cc1. The Labute approximate surface area is 122 Å². The number of benzene rings is 1. The number of rotatable bonds is 5. The van der Waals surface area contributed by atoms with Crippen LogP contribution in [0.1, 0.15) is 17.3 Å². The van der Waals surface area contributed by atoms with E-state index in [0.29, 0.717) is 17.9 Å². The predicted octanol–water partition coefficient (Wildman–Crippen LogP) is 0.863. The molecule has 20 heavy (non-hydrogen) atoms. The number of thiocarbonyl (C=S) groups is 1. The molecule has 0 unspecified atom stereocenters. The Morgan fingerprint density at radius 3 is 2.45 bits per heavy atom. The van der Waals surface area contributed by atoms with Gasteiger partial charge in [-0.15, -0.1) is 0 Å². The molecule has 0 aliphatic rings. The van der Waals surface area contributed by atoms with E-state index in [1.54, 1.807) is 24.3 Å². The molecule has 0 fully saturated rings. The van der Waals surface area contributed by atoms with Crippen molar-refractivity contribution in [3.8, 4) is 5.75 Å². The van der Waals surface area contributed by atoms with Gasteiger partial charge >= 0.3 is 5.97 Å². The summed E-state index contributed by atoms with van der Waals surface area (Å²) in [5, 5.41) is 5.09. The molecule has 0 bridgehead atoms. The fourth-order valence-electron chi connectivity index (χ4n) is 1.31. The molecule has 0 saturated carbocycles. The van der Waals surface area contributed by atoms with Gasteiger partial charge in [-0.1, -0.05) is 0 Å². The van der Waals surface area contributed by atoms with E-state index in [1.807, 2.05) is 6.92 Å². The molecule has 1 aromatic rings. The molecule has 6 nitrogen and oxygen atoms in total. The van der Waals surface area contributed by atoms with Crippen LogP contribution in [0.4, 0.5) is 0 Å². The Bertz CT molecular complexity index is 488. The van der Waals surface area contributed by atoms with E-state index in [0.717, 1.165) is 0 Å². The summed E-state index contributed by atoms with van der Waals surface area (Å²) in [4.78, 5) is 22.7. The number of ether oxygens (including phenoxy) is 2. The number of carbonyl (C=O) groups is 2. The van der Waals surface area contributed by atoms with Crippen LogP contribution in [0.3, 0.4) is 0 Å². The van der Waals surface area contributed by atoms with Gasteiger partial charge in [0.25, 0.3) is 5.91 Å². The number of nitrogens with one attached hydrogen (secondary N) is 2. The second-order valence-electron chi connectivity index (χ2n) is 3.67. The van der Waals surface area contributed by atoms with E-state index in [4.69, 9.17) is 17.0 Å². The molecular formula is C13H16N2O4S. The molecule has 0 atom stereocenters. The van der Waals surface area contributed by atoms with Crippen molar-refractivity contribution in [1.29, 1.82) is 0 Å². The molecule has 0 aliphatic heterocycles. The zero-order valence-electron chi connectivity index (χ0n) is 11.3. The number of hydrogen-bond donors (Lipinski definition) is 2. The van der Waals surface area contributed by atoms with Gasteiger partial charge in [0.1, 0.15) is 12.3 Å². The van der Waals surface area contributed by atoms with Gasteiger partial charge < -0.3 is 14.8 Å². The molecule has 2 N–H and O–H groups in total. The highest BCUT2D eigenvalue weighted by Crippen LogP contribution is 2.11. The normalized spacial score (nSPS) is 9.50. The quantitative estimate of drug-likeness (QED) is 0.620. The standard InChI is InChI=1S/C13H16N2O4S/c1-3-19-10-6-4-9(5-7-10)12(17)15-13(20)14-8-11(16)18-2/h4-7H,3,8H2,1-2H3,(H2,14,15,17,20). The van der Waals surface area contributed by atoms with Crippen LogP contribution in [-0.2, 0) is 9.53 Å². The Hall–Kier alpha value is -2.15. The topological polar surface area (TPSA) is 76.7 Å². The summed E-state index contributed by atoms with van der Waals surface area (Å²) in [7, 11) is 1.27. The molecule has 1 rings (SSSR count). The summed E-state index contributed by atoms with van der Waals surface area (Å²) < 4.78 is 9.72. The van der Waals surface area contributed by atoms with Gasteiger partial charge in [0.2, 0.25) is 0 Å². The second-order valence-corrected chi connectivity index (χ2v) is 4.08. The van der Waals surface area contributed by atoms with Crippen molar-refractivity contribution < 1.29 is 19.1 Å². The van der Waals surface area contributed by atoms with Crippen molar-refractivity contribution in [1.82, 2.24) is 10.6 Å². The molecule has 0 aliphatic carbocycles. The largest absolute Gasteiger partial charge is 0.494 e. The second kappa shape index (κ2) is 8.11. The van der Waals surface area contributed by atoms with Crippen molar-refractivity contribution in [3.63, 3.8) is 0 Å². The van der Waals surface area contributed by atoms with Crippen molar-refractivity contribution in [2.45, 2.75) is 6.92 Å². The maximum absolute atomic E-state index is 11.8. The lowest BCUT2D eigenvalue weighted by Crippen LogP contribution is -2.41. The molecular weight excluding hydrogens is 280 g/mol. The monoisotopic (exact) mass is 296 g/mol. The molecule has 1 amide bonds. The third-order valence-corrected chi connectivity index (χ3v) is 2.52.